The minimum absolute atomic E-state index is 0.0996. The van der Waals surface area contributed by atoms with Crippen molar-refractivity contribution in [2.75, 3.05) is 13.2 Å². The van der Waals surface area contributed by atoms with Crippen molar-refractivity contribution in [2.24, 2.45) is 0 Å². The predicted octanol–water partition coefficient (Wildman–Crippen LogP) is 3.18. The Bertz CT molecular complexity index is 588. The zero-order chi connectivity index (χ0) is 17.0. The molecule has 2 atom stereocenters. The molecule has 126 valence electrons. The Morgan fingerprint density at radius 1 is 1.39 bits per heavy atom. The number of likely N-dealkylation sites (tertiary alicyclic amines) is 1. The molecule has 1 saturated heterocycles. The molecule has 1 aliphatic rings. The van der Waals surface area contributed by atoms with Gasteiger partial charge in [-0.2, -0.15) is 0 Å². The molecular weight excluding hydrogens is 297 g/mol. The van der Waals surface area contributed by atoms with Crippen molar-refractivity contribution in [1.29, 1.82) is 0 Å². The summed E-state index contributed by atoms with van der Waals surface area (Å²) in [5.41, 5.74) is 1.54. The number of halogens is 1. The van der Waals surface area contributed by atoms with Crippen LogP contribution in [0.25, 0.3) is 0 Å². The second kappa shape index (κ2) is 7.57. The molecule has 0 radical (unpaired) electrons. The molecular formula is C18H24FNO3. The van der Waals surface area contributed by atoms with Gasteiger partial charge in [0.2, 0.25) is 5.91 Å². The van der Waals surface area contributed by atoms with Gasteiger partial charge >= 0.3 is 5.97 Å². The number of rotatable bonds is 4. The van der Waals surface area contributed by atoms with Crippen LogP contribution in [-0.4, -0.2) is 36.0 Å². The lowest BCUT2D eigenvalue weighted by Crippen LogP contribution is -2.50. The summed E-state index contributed by atoms with van der Waals surface area (Å²) in [6.45, 7) is 6.23. The zero-order valence-corrected chi connectivity index (χ0v) is 14.0. The van der Waals surface area contributed by atoms with Crippen LogP contribution in [0.2, 0.25) is 0 Å². The maximum absolute atomic E-state index is 13.3. The van der Waals surface area contributed by atoms with E-state index in [-0.39, 0.29) is 17.7 Å². The molecule has 2 rings (SSSR count). The molecule has 1 heterocycles. The number of piperidine rings is 1. The van der Waals surface area contributed by atoms with E-state index >= 15 is 0 Å². The molecule has 0 aliphatic carbocycles. The lowest BCUT2D eigenvalue weighted by molar-refractivity contribution is -0.157. The second-order valence-electron chi connectivity index (χ2n) is 6.02. The number of aryl methyl sites for hydroxylation is 1. The van der Waals surface area contributed by atoms with Gasteiger partial charge in [0.25, 0.3) is 0 Å². The van der Waals surface area contributed by atoms with Crippen LogP contribution < -0.4 is 0 Å². The van der Waals surface area contributed by atoms with Gasteiger partial charge < -0.3 is 9.64 Å². The van der Waals surface area contributed by atoms with Crippen molar-refractivity contribution in [3.05, 3.63) is 35.1 Å². The number of benzene rings is 1. The summed E-state index contributed by atoms with van der Waals surface area (Å²) < 4.78 is 18.4. The first-order valence-corrected chi connectivity index (χ1v) is 8.18. The Kier molecular flexibility index (Phi) is 5.74. The van der Waals surface area contributed by atoms with E-state index in [0.717, 1.165) is 24.0 Å². The summed E-state index contributed by atoms with van der Waals surface area (Å²) in [6.07, 6.45) is 2.44. The number of esters is 1. The van der Waals surface area contributed by atoms with Gasteiger partial charge in [0.15, 0.2) is 0 Å². The molecule has 0 bridgehead atoms. The number of hydrogen-bond donors (Lipinski definition) is 0. The first-order valence-electron chi connectivity index (χ1n) is 8.18. The van der Waals surface area contributed by atoms with Crippen molar-refractivity contribution in [2.45, 2.75) is 52.0 Å². The highest BCUT2D eigenvalue weighted by Gasteiger charge is 2.35. The lowest BCUT2D eigenvalue weighted by Gasteiger charge is -2.36. The molecule has 0 N–H and O–H groups in total. The summed E-state index contributed by atoms with van der Waals surface area (Å²) in [6, 6.07) is 3.94. The molecule has 1 amide bonds. The minimum Gasteiger partial charge on any atom is -0.464 e. The van der Waals surface area contributed by atoms with E-state index < -0.39 is 12.0 Å². The lowest BCUT2D eigenvalue weighted by atomic mass is 9.92. The number of carbonyl (C=O) groups is 2. The van der Waals surface area contributed by atoms with E-state index in [2.05, 4.69) is 0 Å². The molecule has 1 fully saturated rings. The smallest absolute Gasteiger partial charge is 0.328 e. The maximum Gasteiger partial charge on any atom is 0.328 e. The van der Waals surface area contributed by atoms with Crippen LogP contribution >= 0.6 is 0 Å². The Balaban J connectivity index is 2.20. The third-order valence-corrected chi connectivity index (χ3v) is 4.41. The molecule has 0 aromatic heterocycles. The summed E-state index contributed by atoms with van der Waals surface area (Å²) >= 11 is 0. The quantitative estimate of drug-likeness (QED) is 0.800. The third-order valence-electron chi connectivity index (χ3n) is 4.41. The molecule has 4 nitrogen and oxygen atoms in total. The van der Waals surface area contributed by atoms with E-state index in [1.54, 1.807) is 31.7 Å². The molecule has 0 saturated carbocycles. The number of nitrogens with zero attached hydrogens (tertiary/aromatic N) is 1. The number of amides is 1. The van der Waals surface area contributed by atoms with Crippen LogP contribution in [-0.2, 0) is 14.3 Å². The average molecular weight is 321 g/mol. The highest BCUT2D eigenvalue weighted by molar-refractivity contribution is 5.88. The minimum atomic E-state index is -0.501. The van der Waals surface area contributed by atoms with Gasteiger partial charge in [-0.15, -0.1) is 0 Å². The molecule has 2 unspecified atom stereocenters. The Hall–Kier alpha value is -1.91. The van der Waals surface area contributed by atoms with Crippen LogP contribution in [0, 0.1) is 12.7 Å². The van der Waals surface area contributed by atoms with Gasteiger partial charge in [-0.3, -0.25) is 4.79 Å². The topological polar surface area (TPSA) is 46.6 Å². The fourth-order valence-electron chi connectivity index (χ4n) is 3.19. The van der Waals surface area contributed by atoms with Crippen molar-refractivity contribution < 1.29 is 18.7 Å². The van der Waals surface area contributed by atoms with Crippen molar-refractivity contribution >= 4 is 11.9 Å². The highest BCUT2D eigenvalue weighted by Crippen LogP contribution is 2.27. The van der Waals surface area contributed by atoms with Gasteiger partial charge in [-0.05, 0) is 63.3 Å². The maximum atomic E-state index is 13.3. The normalized spacial score (nSPS) is 19.3. The largest absolute Gasteiger partial charge is 0.464 e. The van der Waals surface area contributed by atoms with E-state index in [9.17, 15) is 14.0 Å². The van der Waals surface area contributed by atoms with Crippen LogP contribution in [0.1, 0.15) is 50.2 Å². The fraction of sp³-hybridized carbons (Fsp3) is 0.556. The van der Waals surface area contributed by atoms with E-state index in [1.807, 2.05) is 0 Å². The average Bonchev–Trinajstić information content (AvgIpc) is 2.54. The van der Waals surface area contributed by atoms with Gasteiger partial charge in [-0.25, -0.2) is 9.18 Å². The van der Waals surface area contributed by atoms with Gasteiger partial charge in [0.1, 0.15) is 11.9 Å². The van der Waals surface area contributed by atoms with E-state index in [1.165, 1.54) is 12.1 Å². The number of ether oxygens (including phenoxy) is 1. The summed E-state index contributed by atoms with van der Waals surface area (Å²) in [5.74, 6) is -1.15. The summed E-state index contributed by atoms with van der Waals surface area (Å²) in [5, 5.41) is 0. The Morgan fingerprint density at radius 2 is 2.13 bits per heavy atom. The molecule has 1 aromatic carbocycles. The molecule has 0 spiro atoms. The first-order chi connectivity index (χ1) is 11.0. The van der Waals surface area contributed by atoms with Gasteiger partial charge in [0.05, 0.1) is 12.5 Å². The van der Waals surface area contributed by atoms with Crippen LogP contribution in [0.4, 0.5) is 4.39 Å². The highest BCUT2D eigenvalue weighted by atomic mass is 19.1. The Morgan fingerprint density at radius 3 is 2.78 bits per heavy atom. The zero-order valence-electron chi connectivity index (χ0n) is 14.0. The SMILES string of the molecule is CCOC(=O)C1CCCCN1C(=O)C(C)c1ccc(F)cc1C. The van der Waals surface area contributed by atoms with Gasteiger partial charge in [0, 0.05) is 6.54 Å². The third kappa shape index (κ3) is 3.89. The van der Waals surface area contributed by atoms with Crippen molar-refractivity contribution in [3.8, 4) is 0 Å². The standard InChI is InChI=1S/C18H24FNO3/c1-4-23-18(22)16-7-5-6-10-20(16)17(21)13(3)15-9-8-14(19)11-12(15)2/h8-9,11,13,16H,4-7,10H2,1-3H3. The number of hydrogen-bond acceptors (Lipinski definition) is 3. The van der Waals surface area contributed by atoms with Crippen molar-refractivity contribution in [3.63, 3.8) is 0 Å². The van der Waals surface area contributed by atoms with Crippen LogP contribution in [0.5, 0.6) is 0 Å². The van der Waals surface area contributed by atoms with Crippen molar-refractivity contribution in [1.82, 2.24) is 4.90 Å². The monoisotopic (exact) mass is 321 g/mol. The number of carbonyl (C=O) groups excluding carboxylic acids is 2. The fourth-order valence-corrected chi connectivity index (χ4v) is 3.19. The Labute approximate surface area is 136 Å². The summed E-state index contributed by atoms with van der Waals surface area (Å²) in [7, 11) is 0. The van der Waals surface area contributed by atoms with Crippen LogP contribution in [0.15, 0.2) is 18.2 Å². The summed E-state index contributed by atoms with van der Waals surface area (Å²) in [4.78, 5) is 26.6. The van der Waals surface area contributed by atoms with E-state index in [0.29, 0.717) is 19.6 Å². The molecule has 23 heavy (non-hydrogen) atoms. The first kappa shape index (κ1) is 17.4. The van der Waals surface area contributed by atoms with Gasteiger partial charge in [-0.1, -0.05) is 6.07 Å². The van der Waals surface area contributed by atoms with Crippen LogP contribution in [0.3, 0.4) is 0 Å². The predicted molar refractivity (Wildman–Crippen MR) is 85.5 cm³/mol. The van der Waals surface area contributed by atoms with E-state index in [4.69, 9.17) is 4.74 Å². The molecule has 1 aromatic rings. The molecule has 1 aliphatic heterocycles. The molecule has 5 heteroatoms. The second-order valence-corrected chi connectivity index (χ2v) is 6.02.